The van der Waals surface area contributed by atoms with Crippen molar-refractivity contribution in [1.29, 1.82) is 0 Å². The zero-order valence-corrected chi connectivity index (χ0v) is 22.9. The van der Waals surface area contributed by atoms with Crippen molar-refractivity contribution in [2.24, 2.45) is 24.6 Å². The number of rotatable bonds is 6. The molecule has 1 amide bonds. The fourth-order valence-corrected chi connectivity index (χ4v) is 7.60. The van der Waals surface area contributed by atoms with E-state index in [4.69, 9.17) is 15.5 Å². The van der Waals surface area contributed by atoms with Crippen LogP contribution < -0.4 is 10.5 Å². The molecular formula is C32H37N5O2. The van der Waals surface area contributed by atoms with Crippen LogP contribution in [-0.4, -0.2) is 50.7 Å². The smallest absolute Gasteiger partial charge is 0.254 e. The SMILES string of the molecule is COc1cc(C(=O)N2C[C@H]3CC[C@@H]2[C@@H]3N)cc2nc(-c3cc4cccc(C5CCC5)c4n3CC3CC3)n(C)c12. The van der Waals surface area contributed by atoms with Crippen molar-refractivity contribution in [3.05, 3.63) is 47.5 Å². The highest BCUT2D eigenvalue weighted by molar-refractivity contribution is 6.00. The third kappa shape index (κ3) is 3.51. The van der Waals surface area contributed by atoms with Gasteiger partial charge >= 0.3 is 0 Å². The molecular weight excluding hydrogens is 486 g/mol. The molecule has 3 saturated carbocycles. The maximum absolute atomic E-state index is 13.7. The summed E-state index contributed by atoms with van der Waals surface area (Å²) in [5.74, 6) is 3.47. The van der Waals surface area contributed by atoms with Crippen LogP contribution in [0.1, 0.15) is 66.8 Å². The molecule has 4 fully saturated rings. The van der Waals surface area contributed by atoms with E-state index in [9.17, 15) is 4.79 Å². The maximum atomic E-state index is 13.7. The number of imidazole rings is 1. The van der Waals surface area contributed by atoms with E-state index in [0.717, 1.165) is 54.4 Å². The van der Waals surface area contributed by atoms with Crippen LogP contribution in [0, 0.1) is 11.8 Å². The van der Waals surface area contributed by atoms with Crippen LogP contribution in [0.25, 0.3) is 33.5 Å². The zero-order valence-electron chi connectivity index (χ0n) is 22.9. The monoisotopic (exact) mass is 523 g/mol. The van der Waals surface area contributed by atoms with Crippen LogP contribution in [0.15, 0.2) is 36.4 Å². The number of nitrogens with zero attached hydrogens (tertiary/aromatic N) is 4. The van der Waals surface area contributed by atoms with Gasteiger partial charge in [0.05, 0.1) is 23.8 Å². The molecule has 0 radical (unpaired) electrons. The third-order valence-electron chi connectivity index (χ3n) is 10.2. The number of hydrogen-bond acceptors (Lipinski definition) is 4. The number of benzene rings is 2. The molecule has 7 nitrogen and oxygen atoms in total. The number of fused-ring (bicyclic) bond motifs is 4. The van der Waals surface area contributed by atoms with E-state index in [-0.39, 0.29) is 18.0 Å². The predicted molar refractivity (Wildman–Crippen MR) is 153 cm³/mol. The number of aromatic nitrogens is 3. The molecule has 8 rings (SSSR count). The van der Waals surface area contributed by atoms with E-state index < -0.39 is 0 Å². The van der Waals surface area contributed by atoms with Crippen LogP contribution in [0.3, 0.4) is 0 Å². The summed E-state index contributed by atoms with van der Waals surface area (Å²) in [6.07, 6.45) is 8.62. The molecule has 2 aromatic carbocycles. The summed E-state index contributed by atoms with van der Waals surface area (Å²) in [6.45, 7) is 1.79. The van der Waals surface area contributed by atoms with Gasteiger partial charge in [0, 0.05) is 43.2 Å². The van der Waals surface area contributed by atoms with Gasteiger partial charge in [-0.25, -0.2) is 4.98 Å². The predicted octanol–water partition coefficient (Wildman–Crippen LogP) is 5.44. The molecule has 3 aliphatic carbocycles. The van der Waals surface area contributed by atoms with Gasteiger partial charge in [-0.2, -0.15) is 0 Å². The van der Waals surface area contributed by atoms with E-state index in [1.165, 1.54) is 48.6 Å². The largest absolute Gasteiger partial charge is 0.494 e. The first kappa shape index (κ1) is 23.6. The van der Waals surface area contributed by atoms with Crippen molar-refractivity contribution in [1.82, 2.24) is 19.0 Å². The maximum Gasteiger partial charge on any atom is 0.254 e. The van der Waals surface area contributed by atoms with Gasteiger partial charge in [-0.15, -0.1) is 0 Å². The normalized spacial score (nSPS) is 24.7. The molecule has 2 aromatic heterocycles. The minimum atomic E-state index is 0.0399. The number of para-hydroxylation sites is 1. The summed E-state index contributed by atoms with van der Waals surface area (Å²) in [7, 11) is 3.75. The van der Waals surface area contributed by atoms with Gasteiger partial charge in [-0.1, -0.05) is 24.6 Å². The van der Waals surface area contributed by atoms with Crippen molar-refractivity contribution < 1.29 is 9.53 Å². The number of methoxy groups -OCH3 is 1. The highest BCUT2D eigenvalue weighted by atomic mass is 16.5. The summed E-state index contributed by atoms with van der Waals surface area (Å²) in [4.78, 5) is 20.8. The van der Waals surface area contributed by atoms with Gasteiger partial charge in [-0.3, -0.25) is 4.79 Å². The summed E-state index contributed by atoms with van der Waals surface area (Å²) >= 11 is 0. The van der Waals surface area contributed by atoms with Gasteiger partial charge in [-0.05, 0) is 80.0 Å². The Morgan fingerprint density at radius 1 is 1.08 bits per heavy atom. The molecule has 0 unspecified atom stereocenters. The van der Waals surface area contributed by atoms with Crippen LogP contribution in [0.5, 0.6) is 5.75 Å². The Morgan fingerprint density at radius 3 is 2.59 bits per heavy atom. The first-order chi connectivity index (χ1) is 19.0. The molecule has 4 aliphatic rings. The Hall–Kier alpha value is -3.32. The molecule has 4 aromatic rings. The second-order valence-corrected chi connectivity index (χ2v) is 12.5. The van der Waals surface area contributed by atoms with E-state index in [2.05, 4.69) is 40.4 Å². The Labute approximate surface area is 228 Å². The van der Waals surface area contributed by atoms with E-state index >= 15 is 0 Å². The molecule has 39 heavy (non-hydrogen) atoms. The van der Waals surface area contributed by atoms with Gasteiger partial charge in [0.15, 0.2) is 5.82 Å². The quantitative estimate of drug-likeness (QED) is 0.365. The Kier molecular flexibility index (Phi) is 5.19. The van der Waals surface area contributed by atoms with Crippen LogP contribution >= 0.6 is 0 Å². The van der Waals surface area contributed by atoms with E-state index in [1.807, 2.05) is 17.0 Å². The molecule has 2 N–H and O–H groups in total. The second kappa shape index (κ2) is 8.59. The third-order valence-corrected chi connectivity index (χ3v) is 10.2. The number of ether oxygens (including phenoxy) is 1. The number of carbonyl (C=O) groups is 1. The minimum Gasteiger partial charge on any atom is -0.494 e. The fraction of sp³-hybridized carbons (Fsp3) is 0.500. The number of piperidine rings is 1. The van der Waals surface area contributed by atoms with Crippen LogP contribution in [-0.2, 0) is 13.6 Å². The average molecular weight is 524 g/mol. The van der Waals surface area contributed by atoms with Gasteiger partial charge in [0.2, 0.25) is 0 Å². The Morgan fingerprint density at radius 2 is 1.92 bits per heavy atom. The van der Waals surface area contributed by atoms with Crippen LogP contribution in [0.2, 0.25) is 0 Å². The fourth-order valence-electron chi connectivity index (χ4n) is 7.60. The topological polar surface area (TPSA) is 78.3 Å². The number of likely N-dealkylation sites (tertiary alicyclic amines) is 1. The van der Waals surface area contributed by atoms with Gasteiger partial charge < -0.3 is 24.5 Å². The number of carbonyl (C=O) groups excluding carboxylic acids is 1. The molecule has 3 heterocycles. The van der Waals surface area contributed by atoms with Gasteiger partial charge in [0.1, 0.15) is 11.3 Å². The molecule has 202 valence electrons. The van der Waals surface area contributed by atoms with Crippen molar-refractivity contribution in [3.63, 3.8) is 0 Å². The molecule has 2 bridgehead atoms. The summed E-state index contributed by atoms with van der Waals surface area (Å²) in [5.41, 5.74) is 12.8. The molecule has 7 heteroatoms. The lowest BCUT2D eigenvalue weighted by Crippen LogP contribution is -2.41. The molecule has 1 aliphatic heterocycles. The molecule has 0 spiro atoms. The Bertz CT molecular complexity index is 1620. The second-order valence-electron chi connectivity index (χ2n) is 12.5. The van der Waals surface area contributed by atoms with Crippen molar-refractivity contribution in [3.8, 4) is 17.3 Å². The number of amides is 1. The molecule has 3 atom stereocenters. The van der Waals surface area contributed by atoms with Crippen molar-refractivity contribution in [2.45, 2.75) is 69.5 Å². The highest BCUT2D eigenvalue weighted by Gasteiger charge is 2.47. The lowest BCUT2D eigenvalue weighted by Gasteiger charge is -2.27. The zero-order chi connectivity index (χ0) is 26.4. The lowest BCUT2D eigenvalue weighted by molar-refractivity contribution is 0.0700. The first-order valence-electron chi connectivity index (χ1n) is 14.8. The summed E-state index contributed by atoms with van der Waals surface area (Å²) in [5, 5.41) is 1.30. The van der Waals surface area contributed by atoms with Crippen molar-refractivity contribution >= 4 is 27.8 Å². The number of nitrogens with two attached hydrogens (primary N) is 1. The lowest BCUT2D eigenvalue weighted by atomic mass is 9.79. The summed E-state index contributed by atoms with van der Waals surface area (Å²) < 4.78 is 10.6. The molecule has 1 saturated heterocycles. The van der Waals surface area contributed by atoms with E-state index in [1.54, 1.807) is 7.11 Å². The number of hydrogen-bond donors (Lipinski definition) is 1. The first-order valence-corrected chi connectivity index (χ1v) is 14.8. The average Bonchev–Trinajstić information content (AvgIpc) is 3.30. The Balaban J connectivity index is 1.26. The number of aryl methyl sites for hydroxylation is 1. The summed E-state index contributed by atoms with van der Waals surface area (Å²) in [6, 6.07) is 13.2. The minimum absolute atomic E-state index is 0.0399. The van der Waals surface area contributed by atoms with Crippen LogP contribution in [0.4, 0.5) is 0 Å². The van der Waals surface area contributed by atoms with E-state index in [0.29, 0.717) is 23.1 Å². The van der Waals surface area contributed by atoms with Crippen molar-refractivity contribution in [2.75, 3.05) is 13.7 Å². The standard InChI is InChI=1S/C32H37N5O2/c1-35-30-24(13-22(15-27(30)39-2)32(38)37-17-21-11-12-25(37)28(21)33)34-31(35)26-14-20-7-4-8-23(19-5-3-6-19)29(20)36(26)16-18-9-10-18/h4,7-8,13-15,18-19,21,25,28H,3,5-6,9-12,16-17,33H2,1-2H3/t21-,25-,28-/m1/s1. The highest BCUT2D eigenvalue weighted by Crippen LogP contribution is 2.44. The van der Waals surface area contributed by atoms with Gasteiger partial charge in [0.25, 0.3) is 5.91 Å².